The van der Waals surface area contributed by atoms with Crippen molar-refractivity contribution in [1.82, 2.24) is 9.78 Å². The maximum Gasteiger partial charge on any atom is 0.283 e. The largest absolute Gasteiger partial charge is 0.383 e. The molecule has 6 heteroatoms. The Morgan fingerprint density at radius 2 is 2.19 bits per heavy atom. The van der Waals surface area contributed by atoms with Crippen LogP contribution < -0.4 is 10.9 Å². The standard InChI is InChI=1S/C15H26BrN3O2/c1-4-5-6-7-8-12(2)18-13-11-17-19(9-10-21-3)15(20)14(13)16/h11-12,18H,4-10H2,1-3H3. The van der Waals surface area contributed by atoms with Crippen LogP contribution in [-0.4, -0.2) is 29.5 Å². The second kappa shape index (κ2) is 9.95. The lowest BCUT2D eigenvalue weighted by Crippen LogP contribution is -2.27. The summed E-state index contributed by atoms with van der Waals surface area (Å²) in [5.41, 5.74) is 0.631. The summed E-state index contributed by atoms with van der Waals surface area (Å²) in [5.74, 6) is 0. The van der Waals surface area contributed by atoms with E-state index in [9.17, 15) is 4.79 Å². The van der Waals surface area contributed by atoms with Crippen LogP contribution in [0.1, 0.15) is 46.0 Å². The average molecular weight is 360 g/mol. The number of methoxy groups -OCH3 is 1. The van der Waals surface area contributed by atoms with Crippen LogP contribution in [0.15, 0.2) is 15.5 Å². The number of hydrogen-bond acceptors (Lipinski definition) is 4. The minimum absolute atomic E-state index is 0.129. The highest BCUT2D eigenvalue weighted by molar-refractivity contribution is 9.10. The monoisotopic (exact) mass is 359 g/mol. The Bertz CT molecular complexity index is 476. The molecule has 1 N–H and O–H groups in total. The number of hydrogen-bond donors (Lipinski definition) is 1. The summed E-state index contributed by atoms with van der Waals surface area (Å²) in [6.07, 6.45) is 7.80. The molecule has 0 aliphatic carbocycles. The molecule has 1 unspecified atom stereocenters. The summed E-state index contributed by atoms with van der Waals surface area (Å²) in [4.78, 5) is 12.1. The fourth-order valence-corrected chi connectivity index (χ4v) is 2.54. The van der Waals surface area contributed by atoms with E-state index in [-0.39, 0.29) is 5.56 Å². The van der Waals surface area contributed by atoms with E-state index in [1.54, 1.807) is 13.3 Å². The highest BCUT2D eigenvalue weighted by Crippen LogP contribution is 2.18. The van der Waals surface area contributed by atoms with Crippen LogP contribution in [0.2, 0.25) is 0 Å². The normalized spacial score (nSPS) is 12.4. The molecule has 0 saturated heterocycles. The summed E-state index contributed by atoms with van der Waals surface area (Å²) in [6.45, 7) is 5.28. The molecule has 0 radical (unpaired) electrons. The summed E-state index contributed by atoms with van der Waals surface area (Å²) in [6, 6.07) is 0.328. The van der Waals surface area contributed by atoms with Crippen LogP contribution in [0, 0.1) is 0 Å². The summed E-state index contributed by atoms with van der Waals surface area (Å²) >= 11 is 3.37. The van der Waals surface area contributed by atoms with Gasteiger partial charge in [-0.15, -0.1) is 0 Å². The van der Waals surface area contributed by atoms with Crippen molar-refractivity contribution >= 4 is 21.6 Å². The molecule has 0 aliphatic heterocycles. The Balaban J connectivity index is 2.59. The summed E-state index contributed by atoms with van der Waals surface area (Å²) < 4.78 is 6.91. The van der Waals surface area contributed by atoms with Gasteiger partial charge in [0.1, 0.15) is 4.47 Å². The molecule has 0 aliphatic rings. The quantitative estimate of drug-likeness (QED) is 0.650. The van der Waals surface area contributed by atoms with Gasteiger partial charge in [0.25, 0.3) is 5.56 Å². The number of nitrogens with zero attached hydrogens (tertiary/aromatic N) is 2. The second-order valence-corrected chi connectivity index (χ2v) is 6.08. The Morgan fingerprint density at radius 1 is 1.43 bits per heavy atom. The lowest BCUT2D eigenvalue weighted by atomic mass is 10.1. The van der Waals surface area contributed by atoms with Crippen molar-refractivity contribution in [2.45, 2.75) is 58.5 Å². The molecule has 1 rings (SSSR count). The molecule has 0 bridgehead atoms. The molecule has 0 amide bonds. The van der Waals surface area contributed by atoms with Crippen LogP contribution in [0.3, 0.4) is 0 Å². The fourth-order valence-electron chi connectivity index (χ4n) is 2.12. The molecule has 1 aromatic heterocycles. The highest BCUT2D eigenvalue weighted by atomic mass is 79.9. The number of unbranched alkanes of at least 4 members (excludes halogenated alkanes) is 3. The Hall–Kier alpha value is -0.880. The third kappa shape index (κ3) is 6.18. The van der Waals surface area contributed by atoms with Gasteiger partial charge in [-0.2, -0.15) is 5.10 Å². The number of anilines is 1. The number of halogens is 1. The minimum atomic E-state index is -0.129. The molecule has 5 nitrogen and oxygen atoms in total. The van der Waals surface area contributed by atoms with Crippen molar-refractivity contribution in [3.63, 3.8) is 0 Å². The first kappa shape index (κ1) is 18.2. The number of aromatic nitrogens is 2. The first-order chi connectivity index (χ1) is 10.1. The lowest BCUT2D eigenvalue weighted by molar-refractivity contribution is 0.181. The number of nitrogens with one attached hydrogen (secondary N) is 1. The third-order valence-corrected chi connectivity index (χ3v) is 4.15. The van der Waals surface area contributed by atoms with Crippen LogP contribution in [-0.2, 0) is 11.3 Å². The third-order valence-electron chi connectivity index (χ3n) is 3.38. The van der Waals surface area contributed by atoms with Crippen LogP contribution in [0.4, 0.5) is 5.69 Å². The van der Waals surface area contributed by atoms with Gasteiger partial charge in [-0.25, -0.2) is 4.68 Å². The van der Waals surface area contributed by atoms with Gasteiger partial charge in [0.05, 0.1) is 25.0 Å². The molecule has 0 spiro atoms. The predicted molar refractivity (Wildman–Crippen MR) is 89.9 cm³/mol. The summed E-state index contributed by atoms with van der Waals surface area (Å²) in [5, 5.41) is 7.53. The first-order valence-electron chi connectivity index (χ1n) is 7.61. The van der Waals surface area contributed by atoms with Gasteiger partial charge >= 0.3 is 0 Å². The van der Waals surface area contributed by atoms with Crippen LogP contribution >= 0.6 is 15.9 Å². The molecular weight excluding hydrogens is 334 g/mol. The van der Waals surface area contributed by atoms with E-state index < -0.39 is 0 Å². The minimum Gasteiger partial charge on any atom is -0.383 e. The first-order valence-corrected chi connectivity index (χ1v) is 8.40. The summed E-state index contributed by atoms with van der Waals surface area (Å²) in [7, 11) is 1.61. The van der Waals surface area contributed by atoms with E-state index in [0.29, 0.717) is 23.7 Å². The van der Waals surface area contributed by atoms with Gasteiger partial charge in [-0.05, 0) is 29.3 Å². The zero-order chi connectivity index (χ0) is 15.7. The average Bonchev–Trinajstić information content (AvgIpc) is 2.48. The highest BCUT2D eigenvalue weighted by Gasteiger charge is 2.11. The van der Waals surface area contributed by atoms with Gasteiger partial charge < -0.3 is 10.1 Å². The van der Waals surface area contributed by atoms with E-state index in [4.69, 9.17) is 4.74 Å². The van der Waals surface area contributed by atoms with Crippen molar-refractivity contribution < 1.29 is 4.74 Å². The molecule has 21 heavy (non-hydrogen) atoms. The van der Waals surface area contributed by atoms with Gasteiger partial charge in [0.2, 0.25) is 0 Å². The fraction of sp³-hybridized carbons (Fsp3) is 0.733. The molecule has 1 heterocycles. The van der Waals surface area contributed by atoms with Gasteiger partial charge in [0.15, 0.2) is 0 Å². The van der Waals surface area contributed by atoms with E-state index in [2.05, 4.69) is 40.2 Å². The predicted octanol–water partition coefficient (Wildman–Crippen LogP) is 3.42. The van der Waals surface area contributed by atoms with E-state index in [0.717, 1.165) is 12.1 Å². The Morgan fingerprint density at radius 3 is 2.86 bits per heavy atom. The zero-order valence-corrected chi connectivity index (χ0v) is 14.8. The van der Waals surface area contributed by atoms with E-state index >= 15 is 0 Å². The molecule has 0 fully saturated rings. The van der Waals surface area contributed by atoms with Crippen molar-refractivity contribution in [2.75, 3.05) is 19.0 Å². The molecule has 120 valence electrons. The van der Waals surface area contributed by atoms with Gasteiger partial charge in [0, 0.05) is 13.2 Å². The van der Waals surface area contributed by atoms with Gasteiger partial charge in [-0.1, -0.05) is 32.6 Å². The molecule has 1 aromatic rings. The second-order valence-electron chi connectivity index (χ2n) is 5.29. The maximum atomic E-state index is 12.1. The Labute approximate surface area is 135 Å². The smallest absolute Gasteiger partial charge is 0.283 e. The maximum absolute atomic E-state index is 12.1. The van der Waals surface area contributed by atoms with E-state index in [1.807, 2.05) is 0 Å². The van der Waals surface area contributed by atoms with Crippen LogP contribution in [0.5, 0.6) is 0 Å². The van der Waals surface area contributed by atoms with Crippen molar-refractivity contribution in [3.05, 3.63) is 21.0 Å². The van der Waals surface area contributed by atoms with Crippen molar-refractivity contribution in [2.24, 2.45) is 0 Å². The number of ether oxygens (including phenoxy) is 1. The van der Waals surface area contributed by atoms with Crippen molar-refractivity contribution in [1.29, 1.82) is 0 Å². The molecule has 1 atom stereocenters. The van der Waals surface area contributed by atoms with Gasteiger partial charge in [-0.3, -0.25) is 4.79 Å². The van der Waals surface area contributed by atoms with Crippen molar-refractivity contribution in [3.8, 4) is 0 Å². The SMILES string of the molecule is CCCCCCC(C)Nc1cnn(CCOC)c(=O)c1Br. The molecular formula is C15H26BrN3O2. The lowest BCUT2D eigenvalue weighted by Gasteiger charge is -2.16. The zero-order valence-electron chi connectivity index (χ0n) is 13.2. The molecule has 0 saturated carbocycles. The molecule has 0 aromatic carbocycles. The topological polar surface area (TPSA) is 56.1 Å². The van der Waals surface area contributed by atoms with Crippen LogP contribution in [0.25, 0.3) is 0 Å². The Kier molecular flexibility index (Phi) is 8.61. The number of rotatable bonds is 10. The van der Waals surface area contributed by atoms with E-state index in [1.165, 1.54) is 30.4 Å².